The summed E-state index contributed by atoms with van der Waals surface area (Å²) in [6.07, 6.45) is -0.234. The Kier molecular flexibility index (Phi) is 12.7. The minimum atomic E-state index is -1.52. The van der Waals surface area contributed by atoms with E-state index in [4.69, 9.17) is 15.9 Å². The van der Waals surface area contributed by atoms with Crippen LogP contribution >= 0.6 is 11.8 Å². The first-order chi connectivity index (χ1) is 13.9. The molecule has 0 radical (unpaired) electrons. The van der Waals surface area contributed by atoms with Crippen LogP contribution in [0.15, 0.2) is 0 Å². The van der Waals surface area contributed by atoms with E-state index in [1.54, 1.807) is 6.26 Å². The second-order valence-electron chi connectivity index (χ2n) is 6.69. The Balaban J connectivity index is 5.29. The van der Waals surface area contributed by atoms with Crippen LogP contribution in [0.2, 0.25) is 0 Å². The number of nitrogens with one attached hydrogen (secondary N) is 3. The summed E-state index contributed by atoms with van der Waals surface area (Å²) in [6.45, 7) is 2.66. The normalized spacial score (nSPS) is 15.8. The van der Waals surface area contributed by atoms with Gasteiger partial charge >= 0.3 is 11.9 Å². The van der Waals surface area contributed by atoms with Gasteiger partial charge in [-0.3, -0.25) is 19.2 Å². The monoisotopic (exact) mass is 450 g/mol. The molecule has 0 aromatic rings. The number of thioether (sulfide) groups is 1. The lowest BCUT2D eigenvalue weighted by Crippen LogP contribution is -2.59. The van der Waals surface area contributed by atoms with Crippen molar-refractivity contribution >= 4 is 41.4 Å². The Morgan fingerprint density at radius 1 is 0.900 bits per heavy atom. The van der Waals surface area contributed by atoms with Crippen LogP contribution in [0.3, 0.4) is 0 Å². The van der Waals surface area contributed by atoms with Gasteiger partial charge in [-0.15, -0.1) is 0 Å². The Labute approximate surface area is 178 Å². The molecule has 30 heavy (non-hydrogen) atoms. The highest BCUT2D eigenvalue weighted by molar-refractivity contribution is 7.98. The standard InChI is InChI=1S/C17H30N4O8S/c1-8(18)14(25)19-10(6-7-30-3)15(26)21-13(9(2)22)16(27)20-11(17(28)29)4-5-12(23)24/h8-11,13,22H,4-7,18H2,1-3H3,(H,19,25)(H,20,27)(H,21,26)(H,23,24)(H,28,29). The predicted molar refractivity (Wildman–Crippen MR) is 109 cm³/mol. The van der Waals surface area contributed by atoms with Gasteiger partial charge in [0, 0.05) is 6.42 Å². The number of carbonyl (C=O) groups is 5. The lowest BCUT2D eigenvalue weighted by atomic mass is 10.1. The summed E-state index contributed by atoms with van der Waals surface area (Å²) in [4.78, 5) is 58.8. The predicted octanol–water partition coefficient (Wildman–Crippen LogP) is -2.13. The van der Waals surface area contributed by atoms with Gasteiger partial charge in [0.2, 0.25) is 17.7 Å². The fourth-order valence-corrected chi connectivity index (χ4v) is 2.72. The van der Waals surface area contributed by atoms with E-state index in [0.717, 1.165) is 0 Å². The summed E-state index contributed by atoms with van der Waals surface area (Å²) in [5.74, 6) is -4.51. The van der Waals surface area contributed by atoms with Crippen LogP contribution in [0.5, 0.6) is 0 Å². The van der Waals surface area contributed by atoms with Crippen LogP contribution in [-0.2, 0) is 24.0 Å². The zero-order valence-electron chi connectivity index (χ0n) is 17.1. The summed E-state index contributed by atoms with van der Waals surface area (Å²) < 4.78 is 0. The van der Waals surface area contributed by atoms with Crippen molar-refractivity contribution in [2.24, 2.45) is 5.73 Å². The third-order valence-corrected chi connectivity index (χ3v) is 4.63. The number of hydrogen-bond acceptors (Lipinski definition) is 8. The molecule has 0 aromatic carbocycles. The maximum Gasteiger partial charge on any atom is 0.326 e. The molecule has 0 fully saturated rings. The zero-order chi connectivity index (χ0) is 23.4. The van der Waals surface area contributed by atoms with Crippen LogP contribution in [-0.4, -0.2) is 87.3 Å². The molecule has 0 aliphatic heterocycles. The third kappa shape index (κ3) is 10.4. The van der Waals surface area contributed by atoms with Crippen LogP contribution < -0.4 is 21.7 Å². The molecule has 0 bridgehead atoms. The number of aliphatic carboxylic acids is 2. The molecule has 12 nitrogen and oxygen atoms in total. The first kappa shape index (κ1) is 27.6. The largest absolute Gasteiger partial charge is 0.481 e. The summed E-state index contributed by atoms with van der Waals surface area (Å²) in [6, 6.07) is -4.92. The molecular weight excluding hydrogens is 420 g/mol. The average Bonchev–Trinajstić information content (AvgIpc) is 2.64. The average molecular weight is 451 g/mol. The van der Waals surface area contributed by atoms with Gasteiger partial charge in [-0.2, -0.15) is 11.8 Å². The summed E-state index contributed by atoms with van der Waals surface area (Å²) in [5.41, 5.74) is 5.49. The molecular formula is C17H30N4O8S. The Hall–Kier alpha value is -2.38. The molecule has 13 heteroatoms. The van der Waals surface area contributed by atoms with Crippen molar-refractivity contribution in [2.75, 3.05) is 12.0 Å². The topological polar surface area (TPSA) is 208 Å². The minimum absolute atomic E-state index is 0.232. The maximum atomic E-state index is 12.6. The van der Waals surface area contributed by atoms with Gasteiger partial charge in [0.05, 0.1) is 12.1 Å². The van der Waals surface area contributed by atoms with Crippen molar-refractivity contribution in [3.8, 4) is 0 Å². The van der Waals surface area contributed by atoms with Crippen LogP contribution in [0.4, 0.5) is 0 Å². The molecule has 5 unspecified atom stereocenters. The van der Waals surface area contributed by atoms with Gasteiger partial charge in [0.15, 0.2) is 0 Å². The number of rotatable bonds is 14. The lowest BCUT2D eigenvalue weighted by molar-refractivity contribution is -0.144. The number of aliphatic hydroxyl groups excluding tert-OH is 1. The van der Waals surface area contributed by atoms with E-state index in [1.807, 2.05) is 0 Å². The number of carboxylic acids is 2. The molecule has 0 aromatic heterocycles. The van der Waals surface area contributed by atoms with E-state index in [0.29, 0.717) is 5.75 Å². The molecule has 0 spiro atoms. The number of carboxylic acid groups (broad SMARTS) is 2. The maximum absolute atomic E-state index is 12.6. The molecule has 5 atom stereocenters. The smallest absolute Gasteiger partial charge is 0.326 e. The van der Waals surface area contributed by atoms with Crippen molar-refractivity contribution < 1.29 is 39.3 Å². The first-order valence-electron chi connectivity index (χ1n) is 9.19. The fraction of sp³-hybridized carbons (Fsp3) is 0.706. The Bertz CT molecular complexity index is 629. The molecule has 172 valence electrons. The van der Waals surface area contributed by atoms with Gasteiger partial charge < -0.3 is 37.0 Å². The van der Waals surface area contributed by atoms with Crippen LogP contribution in [0.1, 0.15) is 33.1 Å². The van der Waals surface area contributed by atoms with E-state index in [2.05, 4.69) is 16.0 Å². The number of aliphatic hydroxyl groups is 1. The highest BCUT2D eigenvalue weighted by atomic mass is 32.2. The molecule has 0 saturated heterocycles. The number of hydrogen-bond donors (Lipinski definition) is 7. The summed E-state index contributed by atoms with van der Waals surface area (Å²) in [7, 11) is 0. The zero-order valence-corrected chi connectivity index (χ0v) is 17.9. The van der Waals surface area contributed by atoms with Gasteiger partial charge in [-0.25, -0.2) is 4.79 Å². The fourth-order valence-electron chi connectivity index (χ4n) is 2.25. The van der Waals surface area contributed by atoms with Gasteiger partial charge in [0.1, 0.15) is 18.1 Å². The first-order valence-corrected chi connectivity index (χ1v) is 10.6. The van der Waals surface area contributed by atoms with Gasteiger partial charge in [-0.05, 0) is 38.7 Å². The van der Waals surface area contributed by atoms with Crippen LogP contribution in [0.25, 0.3) is 0 Å². The van der Waals surface area contributed by atoms with Gasteiger partial charge in [0.25, 0.3) is 0 Å². The van der Waals surface area contributed by atoms with Crippen molar-refractivity contribution in [3.63, 3.8) is 0 Å². The van der Waals surface area contributed by atoms with Crippen LogP contribution in [0, 0.1) is 0 Å². The molecule has 0 heterocycles. The molecule has 0 aliphatic rings. The molecule has 3 amide bonds. The quantitative estimate of drug-likeness (QED) is 0.153. The Morgan fingerprint density at radius 3 is 1.90 bits per heavy atom. The number of nitrogens with two attached hydrogens (primary N) is 1. The minimum Gasteiger partial charge on any atom is -0.481 e. The second kappa shape index (κ2) is 13.8. The number of carbonyl (C=O) groups excluding carboxylic acids is 3. The van der Waals surface area contributed by atoms with E-state index in [9.17, 15) is 29.1 Å². The highest BCUT2D eigenvalue weighted by Gasteiger charge is 2.32. The van der Waals surface area contributed by atoms with E-state index >= 15 is 0 Å². The second-order valence-corrected chi connectivity index (χ2v) is 7.68. The Morgan fingerprint density at radius 2 is 1.47 bits per heavy atom. The molecule has 8 N–H and O–H groups in total. The van der Waals surface area contributed by atoms with Gasteiger partial charge in [-0.1, -0.05) is 0 Å². The van der Waals surface area contributed by atoms with E-state index in [1.165, 1.54) is 25.6 Å². The molecule has 0 aliphatic carbocycles. The summed E-state index contributed by atoms with van der Waals surface area (Å²) >= 11 is 1.43. The molecule has 0 saturated carbocycles. The highest BCUT2D eigenvalue weighted by Crippen LogP contribution is 2.05. The van der Waals surface area contributed by atoms with E-state index in [-0.39, 0.29) is 12.8 Å². The number of amides is 3. The van der Waals surface area contributed by atoms with E-state index < -0.39 is 66.4 Å². The lowest BCUT2D eigenvalue weighted by Gasteiger charge is -2.26. The molecule has 0 rings (SSSR count). The van der Waals surface area contributed by atoms with Crippen molar-refractivity contribution in [1.82, 2.24) is 16.0 Å². The SMILES string of the molecule is CSCCC(NC(=O)C(C)N)C(=O)NC(C(=O)NC(CCC(=O)O)C(=O)O)C(C)O. The van der Waals surface area contributed by atoms with Crippen molar-refractivity contribution in [1.29, 1.82) is 0 Å². The summed E-state index contributed by atoms with van der Waals surface area (Å²) in [5, 5.41) is 34.6. The third-order valence-electron chi connectivity index (χ3n) is 3.98. The van der Waals surface area contributed by atoms with Crippen molar-refractivity contribution in [3.05, 3.63) is 0 Å². The van der Waals surface area contributed by atoms with Crippen molar-refractivity contribution in [2.45, 2.75) is 63.4 Å².